The molecule has 3 rings (SSSR count). The molecule has 0 unspecified atom stereocenters. The summed E-state index contributed by atoms with van der Waals surface area (Å²) < 4.78 is 26.4. The molecule has 11 N–H and O–H groups in total. The van der Waals surface area contributed by atoms with Gasteiger partial charge in [-0.15, -0.1) is 0 Å². The highest BCUT2D eigenvalue weighted by Gasteiger charge is 2.58. The lowest BCUT2D eigenvalue weighted by Gasteiger charge is -2.44. The maximum Gasteiger partial charge on any atom is 0.224 e. The lowest BCUT2D eigenvalue weighted by molar-refractivity contribution is -0.388. The second kappa shape index (κ2) is 11.2. The zero-order chi connectivity index (χ0) is 25.4. The Morgan fingerprint density at radius 2 is 1.12 bits per heavy atom. The first-order valence-corrected chi connectivity index (χ1v) is 10.6. The van der Waals surface area contributed by atoms with Gasteiger partial charge in [0.15, 0.2) is 12.6 Å². The Balaban J connectivity index is 1.69. The minimum Gasteiger partial charge on any atom is -0.394 e. The van der Waals surface area contributed by atoms with E-state index in [0.717, 1.165) is 0 Å². The number of rotatable bonds is 8. The summed E-state index contributed by atoms with van der Waals surface area (Å²) in [5, 5.41) is 109. The van der Waals surface area contributed by atoms with Gasteiger partial charge >= 0.3 is 0 Å². The van der Waals surface area contributed by atoms with Crippen LogP contribution in [0.5, 0.6) is 0 Å². The Labute approximate surface area is 192 Å². The molecule has 0 radical (unpaired) electrons. The highest BCUT2D eigenvalue weighted by molar-refractivity contribution is 4.98. The maximum atomic E-state index is 10.3. The summed E-state index contributed by atoms with van der Waals surface area (Å²) >= 11 is 0. The highest BCUT2D eigenvalue weighted by Crippen LogP contribution is 2.36. The van der Waals surface area contributed by atoms with Crippen molar-refractivity contribution >= 4 is 0 Å². The Morgan fingerprint density at radius 1 is 0.588 bits per heavy atom. The lowest BCUT2D eigenvalue weighted by Crippen LogP contribution is -2.63. The predicted molar refractivity (Wildman–Crippen MR) is 101 cm³/mol. The van der Waals surface area contributed by atoms with Gasteiger partial charge in [-0.1, -0.05) is 0 Å². The standard InChI is InChI=1S/C18H32O16/c19-1-5-8(22)11(25)13(27)16(31-5)30-3-7-9(23)12(26)14(28)17(32-7)34-18(4-21)15(29)10(24)6(2-20)33-18/h5-17,19-29H,1-4H2/t5-,6-,7-,8-,9-,10-,11+,12+,13-,14-,15+,16-,17-,18+/m1/s1. The first-order chi connectivity index (χ1) is 16.0. The van der Waals surface area contributed by atoms with E-state index in [2.05, 4.69) is 0 Å². The SMILES string of the molecule is OC[C@H]1O[C@@](CO)(O[C@H]2O[C@H](CO[C@@H]3O[C@H](CO)[C@@H](O)[C@H](O)[C@H]3O)[C@@H](O)[C@H](O)[C@H]2O)[C@@H](O)[C@@H]1O. The predicted octanol–water partition coefficient (Wildman–Crippen LogP) is -7.57. The van der Waals surface area contributed by atoms with Crippen molar-refractivity contribution in [1.29, 1.82) is 0 Å². The molecule has 14 atom stereocenters. The fourth-order valence-electron chi connectivity index (χ4n) is 4.01. The van der Waals surface area contributed by atoms with Gasteiger partial charge in [0, 0.05) is 0 Å². The third kappa shape index (κ3) is 5.09. The molecular weight excluding hydrogens is 472 g/mol. The molecule has 0 aromatic rings. The van der Waals surface area contributed by atoms with Crippen LogP contribution in [0.15, 0.2) is 0 Å². The van der Waals surface area contributed by atoms with Gasteiger partial charge in [0.05, 0.1) is 19.8 Å². The third-order valence-electron chi connectivity index (χ3n) is 6.16. The van der Waals surface area contributed by atoms with Gasteiger partial charge in [0.25, 0.3) is 0 Å². The fraction of sp³-hybridized carbons (Fsp3) is 1.00. The molecule has 16 heteroatoms. The van der Waals surface area contributed by atoms with E-state index in [0.29, 0.717) is 0 Å². The summed E-state index contributed by atoms with van der Waals surface area (Å²) in [6, 6.07) is 0. The minimum absolute atomic E-state index is 0.634. The molecule has 0 aromatic heterocycles. The summed E-state index contributed by atoms with van der Waals surface area (Å²) in [5.74, 6) is -2.36. The van der Waals surface area contributed by atoms with Crippen LogP contribution in [-0.4, -0.2) is 168 Å². The van der Waals surface area contributed by atoms with E-state index >= 15 is 0 Å². The molecular formula is C18H32O16. The Kier molecular flexibility index (Phi) is 9.18. The van der Waals surface area contributed by atoms with Gasteiger partial charge in [0.1, 0.15) is 73.8 Å². The van der Waals surface area contributed by atoms with E-state index < -0.39 is 112 Å². The van der Waals surface area contributed by atoms with Crippen LogP contribution in [0.2, 0.25) is 0 Å². The maximum absolute atomic E-state index is 10.3. The Morgan fingerprint density at radius 3 is 1.65 bits per heavy atom. The molecule has 3 aliphatic rings. The molecule has 0 saturated carbocycles. The smallest absolute Gasteiger partial charge is 0.224 e. The molecule has 0 aliphatic carbocycles. The highest BCUT2D eigenvalue weighted by atomic mass is 16.8. The molecule has 3 heterocycles. The van der Waals surface area contributed by atoms with Crippen molar-refractivity contribution < 1.29 is 79.9 Å². The normalized spacial score (nSPS) is 52.1. The van der Waals surface area contributed by atoms with E-state index in [1.54, 1.807) is 0 Å². The molecule has 16 nitrogen and oxygen atoms in total. The molecule has 0 bridgehead atoms. The van der Waals surface area contributed by atoms with Crippen molar-refractivity contribution in [2.45, 2.75) is 85.5 Å². The van der Waals surface area contributed by atoms with Crippen LogP contribution in [0.3, 0.4) is 0 Å². The Hall–Kier alpha value is -0.640. The van der Waals surface area contributed by atoms with Crippen LogP contribution in [0, 0.1) is 0 Å². The summed E-state index contributed by atoms with van der Waals surface area (Å²) in [6.07, 6.45) is -21.8. The van der Waals surface area contributed by atoms with Crippen LogP contribution in [0.25, 0.3) is 0 Å². The largest absolute Gasteiger partial charge is 0.394 e. The van der Waals surface area contributed by atoms with Crippen molar-refractivity contribution in [3.8, 4) is 0 Å². The first kappa shape index (κ1) is 27.9. The monoisotopic (exact) mass is 504 g/mol. The topological polar surface area (TPSA) is 269 Å². The van der Waals surface area contributed by atoms with Crippen LogP contribution in [0.4, 0.5) is 0 Å². The van der Waals surface area contributed by atoms with E-state index in [4.69, 9.17) is 23.7 Å². The molecule has 34 heavy (non-hydrogen) atoms. The molecule has 3 aliphatic heterocycles. The van der Waals surface area contributed by atoms with Gasteiger partial charge in [-0.2, -0.15) is 0 Å². The van der Waals surface area contributed by atoms with Crippen molar-refractivity contribution in [1.82, 2.24) is 0 Å². The van der Waals surface area contributed by atoms with Crippen molar-refractivity contribution in [2.75, 3.05) is 26.4 Å². The first-order valence-electron chi connectivity index (χ1n) is 10.6. The summed E-state index contributed by atoms with van der Waals surface area (Å²) in [4.78, 5) is 0. The van der Waals surface area contributed by atoms with Gasteiger partial charge in [-0.3, -0.25) is 0 Å². The van der Waals surface area contributed by atoms with Crippen LogP contribution >= 0.6 is 0 Å². The third-order valence-corrected chi connectivity index (χ3v) is 6.16. The van der Waals surface area contributed by atoms with Crippen LogP contribution in [0.1, 0.15) is 0 Å². The van der Waals surface area contributed by atoms with Gasteiger partial charge in [-0.05, 0) is 0 Å². The van der Waals surface area contributed by atoms with Crippen molar-refractivity contribution in [3.63, 3.8) is 0 Å². The number of aliphatic hydroxyl groups excluding tert-OH is 11. The number of hydrogen-bond acceptors (Lipinski definition) is 16. The van der Waals surface area contributed by atoms with E-state index in [9.17, 15) is 56.2 Å². The molecule has 200 valence electrons. The second-order valence-corrected chi connectivity index (χ2v) is 8.41. The van der Waals surface area contributed by atoms with Crippen LogP contribution in [-0.2, 0) is 23.7 Å². The van der Waals surface area contributed by atoms with Gasteiger partial charge in [0.2, 0.25) is 5.79 Å². The van der Waals surface area contributed by atoms with Gasteiger partial charge in [-0.25, -0.2) is 0 Å². The van der Waals surface area contributed by atoms with Crippen molar-refractivity contribution in [3.05, 3.63) is 0 Å². The van der Waals surface area contributed by atoms with Crippen LogP contribution < -0.4 is 0 Å². The molecule has 3 saturated heterocycles. The summed E-state index contributed by atoms with van der Waals surface area (Å²) in [5.41, 5.74) is 0. The fourth-order valence-corrected chi connectivity index (χ4v) is 4.01. The molecule has 0 spiro atoms. The molecule has 0 aromatic carbocycles. The number of hydrogen-bond donors (Lipinski definition) is 11. The Bertz CT molecular complexity index is 653. The van der Waals surface area contributed by atoms with E-state index in [-0.39, 0.29) is 0 Å². The van der Waals surface area contributed by atoms with Crippen molar-refractivity contribution in [2.24, 2.45) is 0 Å². The molecule has 0 amide bonds. The van der Waals surface area contributed by atoms with E-state index in [1.165, 1.54) is 0 Å². The number of ether oxygens (including phenoxy) is 5. The summed E-state index contributed by atoms with van der Waals surface area (Å²) in [6.45, 7) is -3.14. The summed E-state index contributed by atoms with van der Waals surface area (Å²) in [7, 11) is 0. The molecule has 3 fully saturated rings. The lowest BCUT2D eigenvalue weighted by atomic mass is 9.98. The quantitative estimate of drug-likeness (QED) is 0.146. The second-order valence-electron chi connectivity index (χ2n) is 8.41. The zero-order valence-corrected chi connectivity index (χ0v) is 17.8. The minimum atomic E-state index is -2.36. The van der Waals surface area contributed by atoms with Gasteiger partial charge < -0.3 is 79.9 Å². The average molecular weight is 504 g/mol. The van der Waals surface area contributed by atoms with E-state index in [1.807, 2.05) is 0 Å². The zero-order valence-electron chi connectivity index (χ0n) is 17.8. The number of aliphatic hydroxyl groups is 11. The average Bonchev–Trinajstić information content (AvgIpc) is 3.08.